The third-order valence-corrected chi connectivity index (χ3v) is 3.70. The first-order valence-corrected chi connectivity index (χ1v) is 8.33. The molecule has 0 bridgehead atoms. The van der Waals surface area contributed by atoms with Gasteiger partial charge in [0.2, 0.25) is 0 Å². The minimum atomic E-state index is -1.05. The van der Waals surface area contributed by atoms with Crippen molar-refractivity contribution in [1.82, 2.24) is 5.32 Å². The average Bonchev–Trinajstić information content (AvgIpc) is 2.63. The summed E-state index contributed by atoms with van der Waals surface area (Å²) in [5, 5.41) is 11.9. The van der Waals surface area contributed by atoms with Crippen LogP contribution in [0.2, 0.25) is 0 Å². The Balaban J connectivity index is 1.96. The summed E-state index contributed by atoms with van der Waals surface area (Å²) in [6.45, 7) is 3.29. The maximum Gasteiger partial charge on any atom is 0.335 e. The van der Waals surface area contributed by atoms with Crippen LogP contribution in [0.4, 0.5) is 0 Å². The molecule has 2 rings (SSSR count). The van der Waals surface area contributed by atoms with Gasteiger partial charge >= 0.3 is 5.97 Å². The molecule has 0 saturated carbocycles. The van der Waals surface area contributed by atoms with Gasteiger partial charge in [0.05, 0.1) is 12.2 Å². The number of amides is 1. The Bertz CT molecular complexity index is 773. The van der Waals surface area contributed by atoms with E-state index in [2.05, 4.69) is 5.32 Å². The first-order chi connectivity index (χ1) is 12.5. The van der Waals surface area contributed by atoms with Gasteiger partial charge < -0.3 is 19.9 Å². The Morgan fingerprint density at radius 2 is 1.85 bits per heavy atom. The van der Waals surface area contributed by atoms with Crippen molar-refractivity contribution in [3.05, 3.63) is 64.7 Å². The van der Waals surface area contributed by atoms with Crippen molar-refractivity contribution >= 4 is 11.9 Å². The molecule has 0 aromatic heterocycles. The minimum absolute atomic E-state index is 0.0987. The van der Waals surface area contributed by atoms with Crippen LogP contribution < -0.4 is 10.1 Å². The van der Waals surface area contributed by atoms with Crippen LogP contribution in [0, 0.1) is 6.92 Å². The first-order valence-electron chi connectivity index (χ1n) is 8.33. The van der Waals surface area contributed by atoms with Gasteiger partial charge in [-0.2, -0.15) is 0 Å². The van der Waals surface area contributed by atoms with Crippen LogP contribution in [0.1, 0.15) is 38.3 Å². The van der Waals surface area contributed by atoms with Crippen molar-refractivity contribution in [1.29, 1.82) is 0 Å². The van der Waals surface area contributed by atoms with Gasteiger partial charge in [-0.1, -0.05) is 12.1 Å². The second kappa shape index (κ2) is 9.58. The zero-order chi connectivity index (χ0) is 18.9. The molecule has 0 spiro atoms. The van der Waals surface area contributed by atoms with E-state index in [4.69, 9.17) is 14.6 Å². The zero-order valence-corrected chi connectivity index (χ0v) is 15.0. The fourth-order valence-electron chi connectivity index (χ4n) is 2.46. The zero-order valence-electron chi connectivity index (χ0n) is 15.0. The standard InChI is InChI=1S/C20H23NO5/c1-14-9-16(12-17(10-14)20(23)24)19(22)21-13-15-5-3-6-18(11-15)26-8-4-7-25-2/h3,5-6,9-12H,4,7-8,13H2,1-2H3,(H,21,22)(H,23,24). The molecule has 1 amide bonds. The van der Waals surface area contributed by atoms with Gasteiger partial charge in [0, 0.05) is 32.2 Å². The number of aryl methyl sites for hydroxylation is 1. The molecule has 0 aliphatic heterocycles. The summed E-state index contributed by atoms with van der Waals surface area (Å²) in [6, 6.07) is 12.0. The van der Waals surface area contributed by atoms with E-state index in [0.29, 0.717) is 25.3 Å². The number of rotatable bonds is 9. The number of carboxylic acid groups (broad SMARTS) is 1. The summed E-state index contributed by atoms with van der Waals surface area (Å²) in [5.41, 5.74) is 2.05. The Morgan fingerprint density at radius 1 is 1.08 bits per heavy atom. The molecule has 0 atom stereocenters. The number of nitrogens with one attached hydrogen (secondary N) is 1. The van der Waals surface area contributed by atoms with Crippen molar-refractivity contribution < 1.29 is 24.2 Å². The van der Waals surface area contributed by atoms with E-state index in [1.54, 1.807) is 20.1 Å². The van der Waals surface area contributed by atoms with Crippen LogP contribution in [0.5, 0.6) is 5.75 Å². The van der Waals surface area contributed by atoms with Crippen LogP contribution in [-0.4, -0.2) is 37.3 Å². The number of methoxy groups -OCH3 is 1. The van der Waals surface area contributed by atoms with E-state index < -0.39 is 5.97 Å². The van der Waals surface area contributed by atoms with Crippen molar-refractivity contribution in [2.24, 2.45) is 0 Å². The monoisotopic (exact) mass is 357 g/mol. The lowest BCUT2D eigenvalue weighted by Crippen LogP contribution is -2.23. The quantitative estimate of drug-likeness (QED) is 0.674. The van der Waals surface area contributed by atoms with E-state index in [9.17, 15) is 9.59 Å². The largest absolute Gasteiger partial charge is 0.493 e. The maximum atomic E-state index is 12.3. The highest BCUT2D eigenvalue weighted by Crippen LogP contribution is 2.14. The Morgan fingerprint density at radius 3 is 2.58 bits per heavy atom. The van der Waals surface area contributed by atoms with Crippen LogP contribution in [0.25, 0.3) is 0 Å². The first kappa shape index (κ1) is 19.5. The maximum absolute atomic E-state index is 12.3. The number of hydrogen-bond acceptors (Lipinski definition) is 4. The lowest BCUT2D eigenvalue weighted by molar-refractivity contribution is 0.0696. The number of carboxylic acids is 1. The molecular weight excluding hydrogens is 334 g/mol. The van der Waals surface area contributed by atoms with Crippen LogP contribution in [0.3, 0.4) is 0 Å². The van der Waals surface area contributed by atoms with Crippen molar-refractivity contribution in [2.45, 2.75) is 19.9 Å². The van der Waals surface area contributed by atoms with Gasteiger partial charge in [-0.25, -0.2) is 4.79 Å². The molecule has 138 valence electrons. The van der Waals surface area contributed by atoms with Gasteiger partial charge in [0.25, 0.3) is 5.91 Å². The number of aromatic carboxylic acids is 1. The number of carbonyl (C=O) groups excluding carboxylic acids is 1. The number of benzene rings is 2. The van der Waals surface area contributed by atoms with E-state index in [-0.39, 0.29) is 11.5 Å². The van der Waals surface area contributed by atoms with Gasteiger partial charge in [-0.15, -0.1) is 0 Å². The van der Waals surface area contributed by atoms with Crippen LogP contribution in [0.15, 0.2) is 42.5 Å². The summed E-state index contributed by atoms with van der Waals surface area (Å²) in [4.78, 5) is 23.4. The molecule has 6 nitrogen and oxygen atoms in total. The summed E-state index contributed by atoms with van der Waals surface area (Å²) in [6.07, 6.45) is 0.802. The second-order valence-corrected chi connectivity index (χ2v) is 5.92. The molecule has 0 unspecified atom stereocenters. The minimum Gasteiger partial charge on any atom is -0.493 e. The molecule has 0 saturated heterocycles. The highest BCUT2D eigenvalue weighted by Gasteiger charge is 2.11. The topological polar surface area (TPSA) is 84.9 Å². The molecule has 0 radical (unpaired) electrons. The molecule has 6 heteroatoms. The Labute approximate surface area is 152 Å². The highest BCUT2D eigenvalue weighted by atomic mass is 16.5. The lowest BCUT2D eigenvalue weighted by atomic mass is 10.1. The average molecular weight is 357 g/mol. The summed E-state index contributed by atoms with van der Waals surface area (Å²) < 4.78 is 10.6. The third-order valence-electron chi connectivity index (χ3n) is 3.70. The van der Waals surface area contributed by atoms with E-state index in [0.717, 1.165) is 23.3 Å². The predicted molar refractivity (Wildman–Crippen MR) is 97.7 cm³/mol. The van der Waals surface area contributed by atoms with E-state index in [1.165, 1.54) is 12.1 Å². The van der Waals surface area contributed by atoms with Crippen LogP contribution in [-0.2, 0) is 11.3 Å². The summed E-state index contributed by atoms with van der Waals surface area (Å²) >= 11 is 0. The van der Waals surface area contributed by atoms with Gasteiger partial charge in [-0.3, -0.25) is 4.79 Å². The lowest BCUT2D eigenvalue weighted by Gasteiger charge is -2.10. The summed E-state index contributed by atoms with van der Waals surface area (Å²) in [5.74, 6) is -0.639. The Hall–Kier alpha value is -2.86. The van der Waals surface area contributed by atoms with Crippen molar-refractivity contribution in [3.63, 3.8) is 0 Å². The van der Waals surface area contributed by atoms with E-state index >= 15 is 0 Å². The van der Waals surface area contributed by atoms with Crippen LogP contribution >= 0.6 is 0 Å². The molecule has 2 N–H and O–H groups in total. The smallest absolute Gasteiger partial charge is 0.335 e. The SMILES string of the molecule is COCCCOc1cccc(CNC(=O)c2cc(C)cc(C(=O)O)c2)c1. The molecule has 2 aromatic rings. The normalized spacial score (nSPS) is 10.4. The van der Waals surface area contributed by atoms with Gasteiger partial charge in [-0.05, 0) is 48.4 Å². The summed E-state index contributed by atoms with van der Waals surface area (Å²) in [7, 11) is 1.65. The van der Waals surface area contributed by atoms with Gasteiger partial charge in [0.15, 0.2) is 0 Å². The number of carbonyl (C=O) groups is 2. The molecular formula is C20H23NO5. The van der Waals surface area contributed by atoms with Crippen molar-refractivity contribution in [3.8, 4) is 5.75 Å². The second-order valence-electron chi connectivity index (χ2n) is 5.92. The van der Waals surface area contributed by atoms with Crippen molar-refractivity contribution in [2.75, 3.05) is 20.3 Å². The fraction of sp³-hybridized carbons (Fsp3) is 0.300. The molecule has 0 aliphatic rings. The van der Waals surface area contributed by atoms with E-state index in [1.807, 2.05) is 24.3 Å². The molecule has 0 fully saturated rings. The molecule has 26 heavy (non-hydrogen) atoms. The molecule has 0 heterocycles. The third kappa shape index (κ3) is 5.89. The number of hydrogen-bond donors (Lipinski definition) is 2. The number of ether oxygens (including phenoxy) is 2. The van der Waals surface area contributed by atoms with Gasteiger partial charge in [0.1, 0.15) is 5.75 Å². The fourth-order valence-corrected chi connectivity index (χ4v) is 2.46. The molecule has 2 aromatic carbocycles. The predicted octanol–water partition coefficient (Wildman–Crippen LogP) is 3.04. The molecule has 0 aliphatic carbocycles. The highest BCUT2D eigenvalue weighted by molar-refractivity contribution is 5.97. The Kier molecular flexibility index (Phi) is 7.17.